The molecule has 0 saturated heterocycles. The SMILES string of the molecule is CC(C)(C)CC(F)CC(O)(C(F)(F)F)C(F)(F)F. The lowest BCUT2D eigenvalue weighted by molar-refractivity contribution is -0.373. The largest absolute Gasteiger partial charge is 0.426 e. The maximum atomic E-state index is 13.3. The highest BCUT2D eigenvalue weighted by Gasteiger charge is 2.70. The van der Waals surface area contributed by atoms with E-state index in [0.717, 1.165) is 0 Å². The monoisotopic (exact) mass is 284 g/mol. The smallest absolute Gasteiger partial charge is 0.374 e. The van der Waals surface area contributed by atoms with Crippen LogP contribution in [0, 0.1) is 5.41 Å². The van der Waals surface area contributed by atoms with Gasteiger partial charge < -0.3 is 5.11 Å². The standard InChI is InChI=1S/C10H15F7O/c1-7(2,3)4-6(11)5-8(18,9(12,13)14)10(15,16)17/h6,18H,4-5H2,1-3H3. The summed E-state index contributed by atoms with van der Waals surface area (Å²) in [6.07, 6.45) is -16.9. The third-order valence-electron chi connectivity index (χ3n) is 2.29. The molecule has 18 heavy (non-hydrogen) atoms. The Morgan fingerprint density at radius 3 is 1.39 bits per heavy atom. The van der Waals surface area contributed by atoms with E-state index >= 15 is 0 Å². The van der Waals surface area contributed by atoms with E-state index in [9.17, 15) is 30.7 Å². The van der Waals surface area contributed by atoms with E-state index in [1.165, 1.54) is 20.8 Å². The highest BCUT2D eigenvalue weighted by molar-refractivity contribution is 4.96. The fourth-order valence-electron chi connectivity index (χ4n) is 1.45. The minimum Gasteiger partial charge on any atom is -0.374 e. The predicted octanol–water partition coefficient (Wildman–Crippen LogP) is 4.01. The van der Waals surface area contributed by atoms with E-state index in [1.807, 2.05) is 0 Å². The molecule has 1 nitrogen and oxygen atoms in total. The Balaban J connectivity index is 5.07. The van der Waals surface area contributed by atoms with E-state index in [0.29, 0.717) is 0 Å². The number of halogens is 7. The molecule has 8 heteroatoms. The number of rotatable bonds is 3. The molecule has 0 rings (SSSR count). The molecule has 0 spiro atoms. The first-order valence-electron chi connectivity index (χ1n) is 5.10. The molecule has 0 saturated carbocycles. The molecule has 0 fully saturated rings. The van der Waals surface area contributed by atoms with Crippen molar-refractivity contribution in [1.82, 2.24) is 0 Å². The van der Waals surface area contributed by atoms with Gasteiger partial charge in [-0.2, -0.15) is 26.3 Å². The molecule has 0 bridgehead atoms. The van der Waals surface area contributed by atoms with Crippen LogP contribution < -0.4 is 0 Å². The minimum absolute atomic E-state index is 0.512. The van der Waals surface area contributed by atoms with E-state index in [-0.39, 0.29) is 0 Å². The highest BCUT2D eigenvalue weighted by Crippen LogP contribution is 2.47. The Hall–Kier alpha value is -0.530. The van der Waals surface area contributed by atoms with Crippen molar-refractivity contribution < 1.29 is 35.8 Å². The Morgan fingerprint density at radius 1 is 0.833 bits per heavy atom. The van der Waals surface area contributed by atoms with E-state index in [2.05, 4.69) is 0 Å². The molecule has 110 valence electrons. The summed E-state index contributed by atoms with van der Waals surface area (Å²) in [6, 6.07) is 0. The number of hydrogen-bond acceptors (Lipinski definition) is 1. The number of alkyl halides is 7. The van der Waals surface area contributed by atoms with Gasteiger partial charge in [0.1, 0.15) is 6.17 Å². The van der Waals surface area contributed by atoms with Gasteiger partial charge in [-0.15, -0.1) is 0 Å². The second-order valence-corrected chi connectivity index (χ2v) is 5.42. The van der Waals surface area contributed by atoms with Gasteiger partial charge in [-0.25, -0.2) is 4.39 Å². The summed E-state index contributed by atoms with van der Waals surface area (Å²) in [6.45, 7) is 4.42. The van der Waals surface area contributed by atoms with Crippen molar-refractivity contribution in [3.63, 3.8) is 0 Å². The van der Waals surface area contributed by atoms with Gasteiger partial charge in [0.15, 0.2) is 0 Å². The molecule has 0 aromatic rings. The van der Waals surface area contributed by atoms with Crippen LogP contribution in [0.4, 0.5) is 30.7 Å². The summed E-state index contributed by atoms with van der Waals surface area (Å²) in [5.41, 5.74) is -5.79. The van der Waals surface area contributed by atoms with Crippen molar-refractivity contribution in [2.45, 2.75) is 57.7 Å². The maximum Gasteiger partial charge on any atom is 0.426 e. The summed E-state index contributed by atoms with van der Waals surface area (Å²) in [7, 11) is 0. The molecular weight excluding hydrogens is 269 g/mol. The predicted molar refractivity (Wildman–Crippen MR) is 50.6 cm³/mol. The molecule has 0 aromatic heterocycles. The van der Waals surface area contributed by atoms with E-state index < -0.39 is 42.4 Å². The van der Waals surface area contributed by atoms with Crippen LogP contribution in [0.15, 0.2) is 0 Å². The van der Waals surface area contributed by atoms with Crippen molar-refractivity contribution in [3.05, 3.63) is 0 Å². The van der Waals surface area contributed by atoms with Crippen LogP contribution in [0.2, 0.25) is 0 Å². The molecule has 0 aliphatic rings. The quantitative estimate of drug-likeness (QED) is 0.776. The third-order valence-corrected chi connectivity index (χ3v) is 2.29. The van der Waals surface area contributed by atoms with Crippen molar-refractivity contribution >= 4 is 0 Å². The van der Waals surface area contributed by atoms with Gasteiger partial charge in [-0.3, -0.25) is 0 Å². The Morgan fingerprint density at radius 2 is 1.17 bits per heavy atom. The second-order valence-electron chi connectivity index (χ2n) is 5.42. The molecule has 1 atom stereocenters. The van der Waals surface area contributed by atoms with Gasteiger partial charge >= 0.3 is 12.4 Å². The average molecular weight is 284 g/mol. The first-order valence-corrected chi connectivity index (χ1v) is 5.10. The molecule has 1 unspecified atom stereocenters. The molecule has 0 amide bonds. The lowest BCUT2D eigenvalue weighted by Gasteiger charge is -2.34. The molecule has 0 radical (unpaired) electrons. The maximum absolute atomic E-state index is 13.3. The van der Waals surface area contributed by atoms with E-state index in [4.69, 9.17) is 5.11 Å². The third kappa shape index (κ3) is 4.29. The van der Waals surface area contributed by atoms with Crippen LogP contribution in [-0.2, 0) is 0 Å². The normalized spacial score (nSPS) is 16.8. The summed E-state index contributed by atoms with van der Waals surface area (Å²) in [5.74, 6) is 0. The van der Waals surface area contributed by atoms with E-state index in [1.54, 1.807) is 0 Å². The first-order chi connectivity index (χ1) is 7.60. The first kappa shape index (κ1) is 17.5. The van der Waals surface area contributed by atoms with Crippen LogP contribution in [0.1, 0.15) is 33.6 Å². The van der Waals surface area contributed by atoms with Crippen LogP contribution in [0.5, 0.6) is 0 Å². The molecule has 0 heterocycles. The summed E-state index contributed by atoms with van der Waals surface area (Å²) >= 11 is 0. The summed E-state index contributed by atoms with van der Waals surface area (Å²) < 4.78 is 86.8. The lowest BCUT2D eigenvalue weighted by atomic mass is 9.85. The molecular formula is C10H15F7O. The van der Waals surface area contributed by atoms with Gasteiger partial charge in [-0.05, 0) is 11.8 Å². The second kappa shape index (κ2) is 4.86. The lowest BCUT2D eigenvalue weighted by Crippen LogP contribution is -2.58. The van der Waals surface area contributed by atoms with Crippen molar-refractivity contribution in [2.75, 3.05) is 0 Å². The van der Waals surface area contributed by atoms with Crippen molar-refractivity contribution in [3.8, 4) is 0 Å². The van der Waals surface area contributed by atoms with Crippen LogP contribution >= 0.6 is 0 Å². The van der Waals surface area contributed by atoms with Gasteiger partial charge in [0, 0.05) is 6.42 Å². The van der Waals surface area contributed by atoms with Gasteiger partial charge in [0.2, 0.25) is 0 Å². The Labute approximate surface area is 100.0 Å². The fraction of sp³-hybridized carbons (Fsp3) is 1.00. The zero-order valence-electron chi connectivity index (χ0n) is 10.1. The fourth-order valence-corrected chi connectivity index (χ4v) is 1.45. The highest BCUT2D eigenvalue weighted by atomic mass is 19.4. The zero-order chi connectivity index (χ0) is 15.0. The Bertz CT molecular complexity index is 259. The van der Waals surface area contributed by atoms with Gasteiger partial charge in [-0.1, -0.05) is 20.8 Å². The topological polar surface area (TPSA) is 20.2 Å². The van der Waals surface area contributed by atoms with Gasteiger partial charge in [0.05, 0.1) is 0 Å². The Kier molecular flexibility index (Phi) is 4.72. The molecule has 0 aromatic carbocycles. The molecule has 0 aliphatic carbocycles. The van der Waals surface area contributed by atoms with Crippen LogP contribution in [-0.4, -0.2) is 29.2 Å². The number of aliphatic hydroxyl groups is 1. The average Bonchev–Trinajstić information content (AvgIpc) is 1.94. The molecule has 0 aliphatic heterocycles. The van der Waals surface area contributed by atoms with Crippen molar-refractivity contribution in [1.29, 1.82) is 0 Å². The van der Waals surface area contributed by atoms with Crippen LogP contribution in [0.3, 0.4) is 0 Å². The number of hydrogen-bond donors (Lipinski definition) is 1. The minimum atomic E-state index is -5.96. The zero-order valence-corrected chi connectivity index (χ0v) is 10.1. The molecule has 1 N–H and O–H groups in total. The van der Waals surface area contributed by atoms with Crippen LogP contribution in [0.25, 0.3) is 0 Å². The summed E-state index contributed by atoms with van der Waals surface area (Å²) in [4.78, 5) is 0. The summed E-state index contributed by atoms with van der Waals surface area (Å²) in [5, 5.41) is 8.76. The van der Waals surface area contributed by atoms with Crippen molar-refractivity contribution in [2.24, 2.45) is 5.41 Å². The van der Waals surface area contributed by atoms with Gasteiger partial charge in [0.25, 0.3) is 5.60 Å².